The Morgan fingerprint density at radius 3 is 2.78 bits per heavy atom. The Labute approximate surface area is 109 Å². The molecule has 0 bridgehead atoms. The number of aromatic nitrogens is 2. The summed E-state index contributed by atoms with van der Waals surface area (Å²) >= 11 is 0. The van der Waals surface area contributed by atoms with Gasteiger partial charge < -0.3 is 4.74 Å². The molecule has 4 heteroatoms. The summed E-state index contributed by atoms with van der Waals surface area (Å²) in [5.41, 5.74) is 2.09. The van der Waals surface area contributed by atoms with Crippen molar-refractivity contribution in [2.45, 2.75) is 59.1 Å². The van der Waals surface area contributed by atoms with E-state index in [9.17, 15) is 4.79 Å². The van der Waals surface area contributed by atoms with Crippen LogP contribution in [0.1, 0.15) is 45.0 Å². The number of carbonyl (C=O) groups is 1. The van der Waals surface area contributed by atoms with Gasteiger partial charge in [0.2, 0.25) is 0 Å². The number of Topliss-reactive ketones (excluding diaryl/α,β-unsaturated/α-hetero) is 1. The lowest BCUT2D eigenvalue weighted by molar-refractivity contribution is -0.119. The van der Waals surface area contributed by atoms with E-state index >= 15 is 0 Å². The van der Waals surface area contributed by atoms with Gasteiger partial charge in [-0.2, -0.15) is 5.10 Å². The summed E-state index contributed by atoms with van der Waals surface area (Å²) in [7, 11) is 1.68. The van der Waals surface area contributed by atoms with Crippen molar-refractivity contribution in [3.63, 3.8) is 0 Å². The third-order valence-electron chi connectivity index (χ3n) is 3.19. The van der Waals surface area contributed by atoms with E-state index in [4.69, 9.17) is 4.74 Å². The third-order valence-corrected chi connectivity index (χ3v) is 3.19. The molecule has 0 aliphatic carbocycles. The molecule has 102 valence electrons. The molecule has 1 aromatic heterocycles. The minimum absolute atomic E-state index is 0.149. The van der Waals surface area contributed by atoms with Crippen LogP contribution in [0, 0.1) is 0 Å². The highest BCUT2D eigenvalue weighted by atomic mass is 16.5. The average Bonchev–Trinajstić information content (AvgIpc) is 2.78. The minimum atomic E-state index is 0.149. The number of ketones is 1. The van der Waals surface area contributed by atoms with Crippen molar-refractivity contribution in [2.75, 3.05) is 7.11 Å². The molecule has 0 spiro atoms. The van der Waals surface area contributed by atoms with E-state index in [2.05, 4.69) is 12.0 Å². The van der Waals surface area contributed by atoms with Gasteiger partial charge in [0.05, 0.1) is 11.8 Å². The number of ether oxygens (including phenoxy) is 1. The predicted octanol–water partition coefficient (Wildman–Crippen LogP) is 2.39. The van der Waals surface area contributed by atoms with Gasteiger partial charge in [-0.1, -0.05) is 6.92 Å². The second-order valence-electron chi connectivity index (χ2n) is 4.60. The van der Waals surface area contributed by atoms with Crippen LogP contribution in [0.5, 0.6) is 0 Å². The molecule has 1 atom stereocenters. The van der Waals surface area contributed by atoms with Crippen molar-refractivity contribution in [2.24, 2.45) is 0 Å². The Morgan fingerprint density at radius 2 is 2.22 bits per heavy atom. The van der Waals surface area contributed by atoms with Gasteiger partial charge >= 0.3 is 0 Å². The smallest absolute Gasteiger partial charge is 0.138 e. The van der Waals surface area contributed by atoms with Gasteiger partial charge in [0.15, 0.2) is 0 Å². The monoisotopic (exact) mass is 252 g/mol. The zero-order valence-electron chi connectivity index (χ0n) is 11.9. The van der Waals surface area contributed by atoms with E-state index in [0.717, 1.165) is 30.8 Å². The molecule has 0 N–H and O–H groups in total. The molecule has 0 aromatic carbocycles. The molecule has 1 rings (SSSR count). The molecule has 0 amide bonds. The van der Waals surface area contributed by atoms with E-state index in [1.807, 2.05) is 24.6 Å². The maximum absolute atomic E-state index is 11.9. The van der Waals surface area contributed by atoms with Crippen molar-refractivity contribution in [3.05, 3.63) is 17.5 Å². The summed E-state index contributed by atoms with van der Waals surface area (Å²) in [5, 5.41) is 4.45. The molecule has 0 aliphatic rings. The molecular weight excluding hydrogens is 228 g/mol. The highest BCUT2D eigenvalue weighted by molar-refractivity contribution is 5.80. The van der Waals surface area contributed by atoms with Crippen LogP contribution in [-0.2, 0) is 28.9 Å². The van der Waals surface area contributed by atoms with Crippen LogP contribution < -0.4 is 0 Å². The zero-order chi connectivity index (χ0) is 13.5. The third kappa shape index (κ3) is 4.26. The molecule has 0 fully saturated rings. The van der Waals surface area contributed by atoms with Gasteiger partial charge in [0.1, 0.15) is 5.78 Å². The van der Waals surface area contributed by atoms with E-state index in [1.165, 1.54) is 0 Å². The van der Waals surface area contributed by atoms with Gasteiger partial charge in [-0.05, 0) is 32.8 Å². The van der Waals surface area contributed by atoms with Gasteiger partial charge in [0, 0.05) is 32.2 Å². The lowest BCUT2D eigenvalue weighted by Gasteiger charge is -2.08. The molecule has 4 nitrogen and oxygen atoms in total. The first-order chi connectivity index (χ1) is 8.60. The molecule has 0 saturated heterocycles. The number of aryl methyl sites for hydroxylation is 2. The molecule has 0 radical (unpaired) electrons. The van der Waals surface area contributed by atoms with Gasteiger partial charge in [-0.3, -0.25) is 9.48 Å². The number of carbonyl (C=O) groups excluding carboxylic acids is 1. The number of hydrogen-bond acceptors (Lipinski definition) is 3. The number of hydrogen-bond donors (Lipinski definition) is 0. The highest BCUT2D eigenvalue weighted by Crippen LogP contribution is 2.09. The summed E-state index contributed by atoms with van der Waals surface area (Å²) in [6.45, 7) is 6.93. The Bertz CT molecular complexity index is 385. The van der Waals surface area contributed by atoms with Crippen LogP contribution in [0.15, 0.2) is 6.07 Å². The second kappa shape index (κ2) is 7.31. The van der Waals surface area contributed by atoms with Gasteiger partial charge in [-0.15, -0.1) is 0 Å². The molecule has 18 heavy (non-hydrogen) atoms. The molecular formula is C14H24N2O2. The van der Waals surface area contributed by atoms with E-state index in [1.54, 1.807) is 7.11 Å². The lowest BCUT2D eigenvalue weighted by atomic mass is 10.1. The van der Waals surface area contributed by atoms with Crippen LogP contribution in [0.2, 0.25) is 0 Å². The Hall–Kier alpha value is -1.16. The van der Waals surface area contributed by atoms with Crippen LogP contribution in [0.4, 0.5) is 0 Å². The Morgan fingerprint density at radius 1 is 1.50 bits per heavy atom. The molecule has 1 aromatic rings. The fourth-order valence-electron chi connectivity index (χ4n) is 1.88. The molecule has 1 heterocycles. The predicted molar refractivity (Wildman–Crippen MR) is 71.7 cm³/mol. The first-order valence-electron chi connectivity index (χ1n) is 6.70. The van der Waals surface area contributed by atoms with Crippen LogP contribution in [0.3, 0.4) is 0 Å². The lowest BCUT2D eigenvalue weighted by Crippen LogP contribution is -2.12. The highest BCUT2D eigenvalue weighted by Gasteiger charge is 2.11. The van der Waals surface area contributed by atoms with Crippen molar-refractivity contribution in [1.82, 2.24) is 9.78 Å². The SMILES string of the molecule is CCc1cc(CC(=O)CCC(C)OC)n(CC)n1. The summed E-state index contributed by atoms with van der Waals surface area (Å²) in [6, 6.07) is 2.04. The van der Waals surface area contributed by atoms with Crippen molar-refractivity contribution in [1.29, 1.82) is 0 Å². The molecule has 0 aliphatic heterocycles. The topological polar surface area (TPSA) is 44.1 Å². The van der Waals surface area contributed by atoms with Crippen LogP contribution >= 0.6 is 0 Å². The summed E-state index contributed by atoms with van der Waals surface area (Å²) in [6.07, 6.45) is 2.91. The fourth-order valence-corrected chi connectivity index (χ4v) is 1.88. The largest absolute Gasteiger partial charge is 0.382 e. The fraction of sp³-hybridized carbons (Fsp3) is 0.714. The molecule has 1 unspecified atom stereocenters. The van der Waals surface area contributed by atoms with Crippen molar-refractivity contribution >= 4 is 5.78 Å². The average molecular weight is 252 g/mol. The zero-order valence-corrected chi connectivity index (χ0v) is 11.9. The quantitative estimate of drug-likeness (QED) is 0.713. The van der Waals surface area contributed by atoms with E-state index < -0.39 is 0 Å². The molecule has 0 saturated carbocycles. The van der Waals surface area contributed by atoms with Crippen LogP contribution in [0.25, 0.3) is 0 Å². The van der Waals surface area contributed by atoms with Crippen molar-refractivity contribution in [3.8, 4) is 0 Å². The second-order valence-corrected chi connectivity index (χ2v) is 4.60. The maximum atomic E-state index is 11.9. The Balaban J connectivity index is 2.55. The minimum Gasteiger partial charge on any atom is -0.382 e. The summed E-state index contributed by atoms with van der Waals surface area (Å²) in [5.74, 6) is 0.260. The maximum Gasteiger partial charge on any atom is 0.138 e. The van der Waals surface area contributed by atoms with E-state index in [0.29, 0.717) is 12.8 Å². The Kier molecular flexibility index (Phi) is 6.05. The standard InChI is InChI=1S/C14H24N2O2/c1-5-12-9-13(16(6-2)15-12)10-14(17)8-7-11(3)18-4/h9,11H,5-8,10H2,1-4H3. The summed E-state index contributed by atoms with van der Waals surface area (Å²) < 4.78 is 7.07. The van der Waals surface area contributed by atoms with Gasteiger partial charge in [0.25, 0.3) is 0 Å². The number of methoxy groups -OCH3 is 1. The normalized spacial score (nSPS) is 12.7. The number of rotatable bonds is 8. The first kappa shape index (κ1) is 14.9. The number of nitrogens with zero attached hydrogens (tertiary/aromatic N) is 2. The van der Waals surface area contributed by atoms with E-state index in [-0.39, 0.29) is 11.9 Å². The van der Waals surface area contributed by atoms with Gasteiger partial charge in [-0.25, -0.2) is 0 Å². The first-order valence-corrected chi connectivity index (χ1v) is 6.70. The van der Waals surface area contributed by atoms with Crippen LogP contribution in [-0.4, -0.2) is 28.8 Å². The summed E-state index contributed by atoms with van der Waals surface area (Å²) in [4.78, 5) is 11.9. The van der Waals surface area contributed by atoms with Crippen molar-refractivity contribution < 1.29 is 9.53 Å².